The Labute approximate surface area is 175 Å². The van der Waals surface area contributed by atoms with Crippen LogP contribution in [0.5, 0.6) is 17.2 Å². The number of hydrogen-bond donors (Lipinski definition) is 2. The molecule has 0 aromatic heterocycles. The Morgan fingerprint density at radius 2 is 1.68 bits per heavy atom. The van der Waals surface area contributed by atoms with Gasteiger partial charge in [0.2, 0.25) is 11.6 Å². The van der Waals surface area contributed by atoms with E-state index in [4.69, 9.17) is 9.47 Å². The molecule has 0 unspecified atom stereocenters. The maximum atomic E-state index is 12.4. The summed E-state index contributed by atoms with van der Waals surface area (Å²) < 4.78 is 51.0. The van der Waals surface area contributed by atoms with E-state index in [0.29, 0.717) is 5.56 Å². The first-order valence-electron chi connectivity index (χ1n) is 8.88. The normalized spacial score (nSPS) is 12.0. The van der Waals surface area contributed by atoms with Gasteiger partial charge in [-0.25, -0.2) is 4.79 Å². The molecular weight excluding hydrogens is 421 g/mol. The zero-order valence-electron chi connectivity index (χ0n) is 16.5. The van der Waals surface area contributed by atoms with Crippen molar-refractivity contribution in [3.63, 3.8) is 0 Å². The molecule has 0 radical (unpaired) electrons. The number of ether oxygens (including phenoxy) is 3. The summed E-state index contributed by atoms with van der Waals surface area (Å²) in [4.78, 5) is 23.9. The van der Waals surface area contributed by atoms with E-state index in [1.807, 2.05) is 0 Å². The Morgan fingerprint density at radius 3 is 2.23 bits per heavy atom. The molecule has 0 spiro atoms. The van der Waals surface area contributed by atoms with Gasteiger partial charge in [0.15, 0.2) is 11.5 Å². The van der Waals surface area contributed by atoms with Crippen LogP contribution in [0.4, 0.5) is 13.2 Å². The zero-order valence-corrected chi connectivity index (χ0v) is 16.5. The number of aliphatic hydroxyl groups is 2. The second kappa shape index (κ2) is 9.63. The third kappa shape index (κ3) is 6.83. The first kappa shape index (κ1) is 23.9. The van der Waals surface area contributed by atoms with Crippen molar-refractivity contribution in [1.29, 1.82) is 0 Å². The van der Waals surface area contributed by atoms with Crippen LogP contribution in [-0.2, 0) is 4.79 Å². The van der Waals surface area contributed by atoms with Gasteiger partial charge in [-0.2, -0.15) is 0 Å². The average molecular weight is 440 g/mol. The van der Waals surface area contributed by atoms with E-state index < -0.39 is 29.7 Å². The molecule has 0 amide bonds. The molecule has 2 rings (SSSR count). The van der Waals surface area contributed by atoms with Gasteiger partial charge in [0.05, 0.1) is 12.7 Å². The molecule has 31 heavy (non-hydrogen) atoms. The van der Waals surface area contributed by atoms with Crippen LogP contribution in [0.15, 0.2) is 48.5 Å². The molecule has 2 N–H and O–H groups in total. The van der Waals surface area contributed by atoms with Crippen molar-refractivity contribution in [2.75, 3.05) is 7.11 Å². The molecule has 0 aliphatic carbocycles. The van der Waals surface area contributed by atoms with Crippen molar-refractivity contribution in [2.45, 2.75) is 25.5 Å². The number of carbonyl (C=O) groups is 2. The van der Waals surface area contributed by atoms with Crippen LogP contribution in [0.1, 0.15) is 29.3 Å². The van der Waals surface area contributed by atoms with Crippen LogP contribution < -0.4 is 14.2 Å². The topological polar surface area (TPSA) is 102 Å². The second-order valence-electron chi connectivity index (χ2n) is 6.24. The van der Waals surface area contributed by atoms with Crippen LogP contribution in [0.25, 0.3) is 6.08 Å². The van der Waals surface area contributed by atoms with Crippen LogP contribution >= 0.6 is 0 Å². The fraction of sp³-hybridized carbons (Fsp3) is 0.238. The van der Waals surface area contributed by atoms with Gasteiger partial charge in [0, 0.05) is 6.42 Å². The Hall–Kier alpha value is -3.37. The van der Waals surface area contributed by atoms with Crippen LogP contribution in [-0.4, -0.2) is 41.2 Å². The predicted molar refractivity (Wildman–Crippen MR) is 103 cm³/mol. The van der Waals surface area contributed by atoms with E-state index >= 15 is 0 Å². The van der Waals surface area contributed by atoms with Gasteiger partial charge in [0.1, 0.15) is 5.75 Å². The Kier molecular flexibility index (Phi) is 7.42. The number of esters is 1. The SMILES string of the molecule is CCC(O)(O)C(=O)/C=C/c1ccc(OC(=O)c2ccc(OC(F)(F)F)c(OC)c2)cc1. The van der Waals surface area contributed by atoms with E-state index in [2.05, 4.69) is 4.74 Å². The van der Waals surface area contributed by atoms with Crippen LogP contribution in [0.2, 0.25) is 0 Å². The zero-order chi connectivity index (χ0) is 23.2. The summed E-state index contributed by atoms with van der Waals surface area (Å²) in [5.74, 6) is -4.92. The first-order chi connectivity index (χ1) is 14.4. The molecule has 2 aromatic rings. The van der Waals surface area contributed by atoms with Gasteiger partial charge >= 0.3 is 12.3 Å². The van der Waals surface area contributed by atoms with Crippen LogP contribution in [0.3, 0.4) is 0 Å². The molecule has 10 heteroatoms. The maximum Gasteiger partial charge on any atom is 0.573 e. The fourth-order valence-electron chi connectivity index (χ4n) is 2.30. The predicted octanol–water partition coefficient (Wildman–Crippen LogP) is 3.49. The first-order valence-corrected chi connectivity index (χ1v) is 8.88. The number of rotatable bonds is 8. The molecule has 0 atom stereocenters. The number of hydrogen-bond acceptors (Lipinski definition) is 7. The minimum Gasteiger partial charge on any atom is -0.493 e. The van der Waals surface area contributed by atoms with Gasteiger partial charge in [-0.05, 0) is 42.0 Å². The summed E-state index contributed by atoms with van der Waals surface area (Å²) in [7, 11) is 1.13. The number of alkyl halides is 3. The molecule has 0 aliphatic rings. The Morgan fingerprint density at radius 1 is 1.03 bits per heavy atom. The van der Waals surface area contributed by atoms with E-state index in [1.54, 1.807) is 0 Å². The third-order valence-electron chi connectivity index (χ3n) is 4.03. The molecule has 2 aromatic carbocycles. The lowest BCUT2D eigenvalue weighted by Gasteiger charge is -2.15. The number of benzene rings is 2. The standard InChI is InChI=1S/C21H19F3O7/c1-3-20(27,28)18(25)11-6-13-4-8-15(9-5-13)30-19(26)14-7-10-16(17(12-14)29-2)31-21(22,23)24/h4-12,27-28H,3H2,1-2H3/b11-6+. The third-order valence-corrected chi connectivity index (χ3v) is 4.03. The van der Waals surface area contributed by atoms with Gasteiger partial charge in [-0.15, -0.1) is 13.2 Å². The van der Waals surface area contributed by atoms with Gasteiger partial charge in [0.25, 0.3) is 0 Å². The summed E-state index contributed by atoms with van der Waals surface area (Å²) in [5.41, 5.74) is 0.457. The number of ketones is 1. The van der Waals surface area contributed by atoms with E-state index in [-0.39, 0.29) is 23.5 Å². The summed E-state index contributed by atoms with van der Waals surface area (Å²) in [5, 5.41) is 18.9. The number of carbonyl (C=O) groups excluding carboxylic acids is 2. The summed E-state index contributed by atoms with van der Waals surface area (Å²) in [6, 6.07) is 8.95. The van der Waals surface area contributed by atoms with E-state index in [9.17, 15) is 33.0 Å². The van der Waals surface area contributed by atoms with Crippen molar-refractivity contribution in [1.82, 2.24) is 0 Å². The minimum absolute atomic E-state index is 0.0669. The maximum absolute atomic E-state index is 12.4. The quantitative estimate of drug-likeness (QED) is 0.280. The smallest absolute Gasteiger partial charge is 0.493 e. The molecule has 7 nitrogen and oxygen atoms in total. The van der Waals surface area contributed by atoms with E-state index in [1.165, 1.54) is 37.3 Å². The highest BCUT2D eigenvalue weighted by Crippen LogP contribution is 2.33. The lowest BCUT2D eigenvalue weighted by molar-refractivity contribution is -0.275. The van der Waals surface area contributed by atoms with Crippen LogP contribution in [0, 0.1) is 0 Å². The van der Waals surface area contributed by atoms with Gasteiger partial charge in [-0.3, -0.25) is 4.79 Å². The van der Waals surface area contributed by atoms with Crippen molar-refractivity contribution in [2.24, 2.45) is 0 Å². The molecule has 0 bridgehead atoms. The van der Waals surface area contributed by atoms with Crippen molar-refractivity contribution in [3.8, 4) is 17.2 Å². The molecular formula is C21H19F3O7. The molecule has 166 valence electrons. The monoisotopic (exact) mass is 440 g/mol. The lowest BCUT2D eigenvalue weighted by Crippen LogP contribution is -2.36. The fourth-order valence-corrected chi connectivity index (χ4v) is 2.30. The highest BCUT2D eigenvalue weighted by molar-refractivity contribution is 5.98. The molecule has 0 saturated carbocycles. The highest BCUT2D eigenvalue weighted by Gasteiger charge is 2.32. The average Bonchev–Trinajstić information content (AvgIpc) is 2.72. The molecule has 0 aliphatic heterocycles. The molecule has 0 saturated heterocycles. The Balaban J connectivity index is 2.08. The summed E-state index contributed by atoms with van der Waals surface area (Å²) >= 11 is 0. The van der Waals surface area contributed by atoms with Gasteiger partial charge in [-0.1, -0.05) is 25.1 Å². The highest BCUT2D eigenvalue weighted by atomic mass is 19.4. The lowest BCUT2D eigenvalue weighted by atomic mass is 10.1. The summed E-state index contributed by atoms with van der Waals surface area (Å²) in [6.07, 6.45) is -2.71. The number of halogens is 3. The van der Waals surface area contributed by atoms with Crippen molar-refractivity contribution >= 4 is 17.8 Å². The van der Waals surface area contributed by atoms with E-state index in [0.717, 1.165) is 31.4 Å². The Bertz CT molecular complexity index is 964. The minimum atomic E-state index is -4.91. The molecule has 0 fully saturated rings. The number of methoxy groups -OCH3 is 1. The van der Waals surface area contributed by atoms with Crippen molar-refractivity contribution < 1.29 is 47.2 Å². The van der Waals surface area contributed by atoms with Gasteiger partial charge < -0.3 is 24.4 Å². The van der Waals surface area contributed by atoms with Crippen molar-refractivity contribution in [3.05, 3.63) is 59.7 Å². The summed E-state index contributed by atoms with van der Waals surface area (Å²) in [6.45, 7) is 1.45. The largest absolute Gasteiger partial charge is 0.573 e. The molecule has 0 heterocycles. The second-order valence-corrected chi connectivity index (χ2v) is 6.24.